The summed E-state index contributed by atoms with van der Waals surface area (Å²) in [6, 6.07) is 0. The lowest BCUT2D eigenvalue weighted by atomic mass is 10.4. The first-order chi connectivity index (χ1) is 7.88. The van der Waals surface area contributed by atoms with Gasteiger partial charge in [-0.3, -0.25) is 0 Å². The number of hydrogen-bond donors (Lipinski definition) is 0. The fourth-order valence-electron chi connectivity index (χ4n) is 1.04. The topological polar surface area (TPSA) is 44.1 Å². The molecule has 17 heavy (non-hydrogen) atoms. The molecule has 0 aliphatic rings. The van der Waals surface area contributed by atoms with Crippen molar-refractivity contribution in [1.29, 1.82) is 0 Å². The van der Waals surface area contributed by atoms with Crippen molar-refractivity contribution in [2.45, 2.75) is 19.1 Å². The lowest BCUT2D eigenvalue weighted by Gasteiger charge is -2.09. The molecule has 0 fully saturated rings. The number of ether oxygens (including phenoxy) is 1. The lowest BCUT2D eigenvalue weighted by molar-refractivity contribution is 0.0399. The van der Waals surface area contributed by atoms with E-state index in [1.54, 1.807) is 0 Å². The Labute approximate surface area is 111 Å². The first kappa shape index (κ1) is 14.5. The number of esters is 1. The second kappa shape index (κ2) is 5.85. The molecule has 0 aliphatic carbocycles. The van der Waals surface area contributed by atoms with Crippen molar-refractivity contribution in [3.05, 3.63) is 15.0 Å². The smallest absolute Gasteiger partial charge is 0.359 e. The van der Waals surface area contributed by atoms with E-state index >= 15 is 0 Å². The molecule has 1 heterocycles. The predicted octanol–water partition coefficient (Wildman–Crippen LogP) is 2.80. The van der Waals surface area contributed by atoms with Gasteiger partial charge in [-0.15, -0.1) is 0 Å². The van der Waals surface area contributed by atoms with Gasteiger partial charge in [-0.05, 0) is 31.9 Å². The summed E-state index contributed by atoms with van der Waals surface area (Å²) in [5, 5.41) is 0. The van der Waals surface area contributed by atoms with Crippen LogP contribution < -0.4 is 0 Å². The molecule has 1 atom stereocenters. The molecule has 96 valence electrons. The summed E-state index contributed by atoms with van der Waals surface area (Å²) in [5.41, 5.74) is -0.110. The van der Waals surface area contributed by atoms with Crippen molar-refractivity contribution in [3.63, 3.8) is 0 Å². The molecule has 0 aliphatic heterocycles. The summed E-state index contributed by atoms with van der Waals surface area (Å²) in [6.45, 7) is -0.622. The number of carbonyl (C=O) groups excluding carboxylic acids is 1. The van der Waals surface area contributed by atoms with Gasteiger partial charge in [0.2, 0.25) is 0 Å². The van der Waals surface area contributed by atoms with Gasteiger partial charge in [-0.25, -0.2) is 22.9 Å². The molecule has 1 aromatic heterocycles. The van der Waals surface area contributed by atoms with Crippen LogP contribution in [-0.4, -0.2) is 35.2 Å². The highest BCUT2D eigenvalue weighted by atomic mass is 79.9. The van der Waals surface area contributed by atoms with Crippen LogP contribution in [0.4, 0.5) is 13.2 Å². The minimum absolute atomic E-state index is 0.0630. The minimum Gasteiger partial charge on any atom is -0.464 e. The van der Waals surface area contributed by atoms with Gasteiger partial charge in [0.15, 0.2) is 16.6 Å². The number of rotatable bonds is 4. The molecule has 1 unspecified atom stereocenters. The average Bonchev–Trinajstić information content (AvgIpc) is 2.55. The Bertz CT molecular complexity index is 425. The molecule has 0 saturated carbocycles. The van der Waals surface area contributed by atoms with Gasteiger partial charge in [0.05, 0.1) is 13.7 Å². The van der Waals surface area contributed by atoms with E-state index < -0.39 is 25.1 Å². The molecule has 1 aromatic rings. The van der Waals surface area contributed by atoms with Gasteiger partial charge in [-0.1, -0.05) is 0 Å². The summed E-state index contributed by atoms with van der Waals surface area (Å²) >= 11 is 5.92. The number of carbonyl (C=O) groups is 1. The van der Waals surface area contributed by atoms with Gasteiger partial charge in [0.25, 0.3) is 6.43 Å². The molecule has 0 saturated heterocycles. The van der Waals surface area contributed by atoms with E-state index in [-0.39, 0.29) is 15.0 Å². The van der Waals surface area contributed by atoms with Crippen molar-refractivity contribution in [3.8, 4) is 0 Å². The summed E-state index contributed by atoms with van der Waals surface area (Å²) in [5.74, 6) is -0.746. The summed E-state index contributed by atoms with van der Waals surface area (Å²) in [6.07, 6.45) is -5.44. The van der Waals surface area contributed by atoms with E-state index in [4.69, 9.17) is 0 Å². The number of imidazole rings is 1. The Balaban J connectivity index is 3.01. The van der Waals surface area contributed by atoms with E-state index in [9.17, 15) is 18.0 Å². The number of halogens is 5. The molecule has 4 nitrogen and oxygen atoms in total. The minimum atomic E-state index is -3.10. The van der Waals surface area contributed by atoms with Crippen molar-refractivity contribution < 1.29 is 22.7 Å². The van der Waals surface area contributed by atoms with Crippen LogP contribution in [0.1, 0.15) is 10.5 Å². The van der Waals surface area contributed by atoms with Crippen LogP contribution in [0.15, 0.2) is 9.34 Å². The highest BCUT2D eigenvalue weighted by Gasteiger charge is 2.25. The van der Waals surface area contributed by atoms with Gasteiger partial charge in [0, 0.05) is 0 Å². The summed E-state index contributed by atoms with van der Waals surface area (Å²) in [4.78, 5) is 15.0. The first-order valence-electron chi connectivity index (χ1n) is 4.30. The van der Waals surface area contributed by atoms with E-state index in [0.717, 1.165) is 11.7 Å². The van der Waals surface area contributed by atoms with E-state index in [2.05, 4.69) is 41.6 Å². The number of nitrogens with zero attached hydrogens (tertiary/aromatic N) is 2. The molecule has 0 bridgehead atoms. The Morgan fingerprint density at radius 1 is 1.47 bits per heavy atom. The Morgan fingerprint density at radius 3 is 2.53 bits per heavy atom. The van der Waals surface area contributed by atoms with Crippen LogP contribution >= 0.6 is 31.9 Å². The van der Waals surface area contributed by atoms with E-state index in [1.807, 2.05) is 0 Å². The molecule has 0 radical (unpaired) electrons. The van der Waals surface area contributed by atoms with E-state index in [1.165, 1.54) is 0 Å². The van der Waals surface area contributed by atoms with Crippen molar-refractivity contribution in [2.24, 2.45) is 0 Å². The molecule has 0 N–H and O–H groups in total. The fraction of sp³-hybridized carbons (Fsp3) is 0.500. The Kier molecular flexibility index (Phi) is 4.99. The molecular formula is C8H7Br2F3N2O2. The zero-order valence-electron chi connectivity index (χ0n) is 8.46. The van der Waals surface area contributed by atoms with Crippen LogP contribution in [0.25, 0.3) is 0 Å². The van der Waals surface area contributed by atoms with Gasteiger partial charge in [-0.2, -0.15) is 0 Å². The number of hydrogen-bond acceptors (Lipinski definition) is 3. The average molecular weight is 380 g/mol. The number of methoxy groups -OCH3 is 1. The second-order valence-electron chi connectivity index (χ2n) is 2.97. The van der Waals surface area contributed by atoms with Crippen LogP contribution in [0.5, 0.6) is 0 Å². The first-order valence-corrected chi connectivity index (χ1v) is 5.89. The third-order valence-corrected chi connectivity index (χ3v) is 3.28. The van der Waals surface area contributed by atoms with E-state index in [0.29, 0.717) is 0 Å². The zero-order chi connectivity index (χ0) is 13.2. The molecule has 0 aromatic carbocycles. The molecule has 1 rings (SSSR count). The Hall–Kier alpha value is -0.570. The molecule has 0 spiro atoms. The van der Waals surface area contributed by atoms with Crippen molar-refractivity contribution in [2.75, 3.05) is 7.11 Å². The summed E-state index contributed by atoms with van der Waals surface area (Å²) in [7, 11) is 1.15. The van der Waals surface area contributed by atoms with Crippen LogP contribution in [0.2, 0.25) is 0 Å². The molecule has 0 amide bonds. The van der Waals surface area contributed by atoms with Crippen LogP contribution in [0.3, 0.4) is 0 Å². The predicted molar refractivity (Wildman–Crippen MR) is 59.9 cm³/mol. The van der Waals surface area contributed by atoms with Crippen LogP contribution in [-0.2, 0) is 11.3 Å². The SMILES string of the molecule is COC(=O)c1nc(Br)n(CC(F)C(F)F)c1Br. The Morgan fingerprint density at radius 2 is 2.06 bits per heavy atom. The second-order valence-corrected chi connectivity index (χ2v) is 4.43. The van der Waals surface area contributed by atoms with Crippen molar-refractivity contribution >= 4 is 37.8 Å². The van der Waals surface area contributed by atoms with Gasteiger partial charge in [0.1, 0.15) is 4.60 Å². The third-order valence-electron chi connectivity index (χ3n) is 1.87. The number of alkyl halides is 3. The highest BCUT2D eigenvalue weighted by molar-refractivity contribution is 9.11. The van der Waals surface area contributed by atoms with Crippen molar-refractivity contribution in [1.82, 2.24) is 9.55 Å². The molecular weight excluding hydrogens is 373 g/mol. The maximum Gasteiger partial charge on any atom is 0.359 e. The summed E-state index contributed by atoms with van der Waals surface area (Å²) < 4.78 is 42.7. The molecule has 9 heteroatoms. The van der Waals surface area contributed by atoms with Gasteiger partial charge < -0.3 is 9.30 Å². The maximum atomic E-state index is 12.9. The maximum absolute atomic E-state index is 12.9. The van der Waals surface area contributed by atoms with Crippen LogP contribution in [0, 0.1) is 0 Å². The zero-order valence-corrected chi connectivity index (χ0v) is 11.6. The number of aromatic nitrogens is 2. The third kappa shape index (κ3) is 3.21. The quantitative estimate of drug-likeness (QED) is 0.755. The lowest BCUT2D eigenvalue weighted by Crippen LogP contribution is -2.20. The normalized spacial score (nSPS) is 12.9. The largest absolute Gasteiger partial charge is 0.464 e. The standard InChI is InChI=1S/C8H7Br2F3N2O2/c1-17-7(16)4-5(9)15(8(10)14-4)2-3(11)6(12)13/h3,6H,2H2,1H3. The fourth-order valence-corrected chi connectivity index (χ4v) is 2.34. The highest BCUT2D eigenvalue weighted by Crippen LogP contribution is 2.25. The monoisotopic (exact) mass is 378 g/mol. The van der Waals surface area contributed by atoms with Gasteiger partial charge >= 0.3 is 5.97 Å².